The van der Waals surface area contributed by atoms with E-state index in [-0.39, 0.29) is 23.6 Å². The van der Waals surface area contributed by atoms with Gasteiger partial charge in [0.15, 0.2) is 6.61 Å². The first kappa shape index (κ1) is 24.9. The number of hydrogen-bond donors (Lipinski definition) is 2. The Hall–Kier alpha value is -3.70. The highest BCUT2D eigenvalue weighted by Crippen LogP contribution is 2.22. The van der Waals surface area contributed by atoms with Crippen LogP contribution in [0.15, 0.2) is 57.9 Å². The van der Waals surface area contributed by atoms with Crippen LogP contribution in [0.4, 0.5) is 0 Å². The first-order chi connectivity index (χ1) is 16.1. The second kappa shape index (κ2) is 10.9. The molecule has 3 N–H and O–H groups in total. The Kier molecular flexibility index (Phi) is 8.03. The van der Waals surface area contributed by atoms with Gasteiger partial charge in [-0.05, 0) is 50.1 Å². The van der Waals surface area contributed by atoms with Gasteiger partial charge in [0.05, 0.1) is 16.2 Å². The van der Waals surface area contributed by atoms with Crippen LogP contribution in [-0.4, -0.2) is 38.6 Å². The third-order valence-corrected chi connectivity index (χ3v) is 5.91. The van der Waals surface area contributed by atoms with E-state index in [0.29, 0.717) is 23.6 Å². The number of para-hydroxylation sites is 1. The van der Waals surface area contributed by atoms with Crippen LogP contribution < -0.4 is 15.2 Å². The second-order valence-corrected chi connectivity index (χ2v) is 9.01. The molecule has 0 atom stereocenters. The van der Waals surface area contributed by atoms with Gasteiger partial charge in [0, 0.05) is 6.54 Å². The molecule has 0 fully saturated rings. The fourth-order valence-electron chi connectivity index (χ4n) is 3.07. The summed E-state index contributed by atoms with van der Waals surface area (Å²) >= 11 is 0. The van der Waals surface area contributed by atoms with E-state index in [1.165, 1.54) is 12.1 Å². The number of aromatic nitrogens is 1. The maximum absolute atomic E-state index is 12.5. The predicted octanol–water partition coefficient (Wildman–Crippen LogP) is 2.03. The number of amides is 1. The Balaban J connectivity index is 1.47. The van der Waals surface area contributed by atoms with Crippen molar-refractivity contribution in [2.24, 2.45) is 5.14 Å². The van der Waals surface area contributed by atoms with Crippen LogP contribution in [0.5, 0.6) is 5.75 Å². The van der Waals surface area contributed by atoms with Crippen molar-refractivity contribution >= 4 is 21.9 Å². The number of esters is 1. The zero-order valence-corrected chi connectivity index (χ0v) is 19.6. The highest BCUT2D eigenvalue weighted by atomic mass is 32.2. The topological polar surface area (TPSA) is 151 Å². The average molecular weight is 488 g/mol. The molecule has 0 aliphatic rings. The number of sulfonamides is 1. The molecule has 0 radical (unpaired) electrons. The van der Waals surface area contributed by atoms with Crippen molar-refractivity contribution in [3.63, 3.8) is 0 Å². The zero-order chi connectivity index (χ0) is 24.7. The highest BCUT2D eigenvalue weighted by molar-refractivity contribution is 7.89. The quantitative estimate of drug-likeness (QED) is 0.412. The summed E-state index contributed by atoms with van der Waals surface area (Å²) in [5, 5.41) is 11.6. The number of carbonyl (C=O) groups excluding carboxylic acids is 2. The van der Waals surface area contributed by atoms with Crippen LogP contribution in [-0.2, 0) is 32.6 Å². The van der Waals surface area contributed by atoms with E-state index in [1.54, 1.807) is 50.2 Å². The Morgan fingerprint density at radius 1 is 1.09 bits per heavy atom. The molecule has 0 saturated heterocycles. The minimum atomic E-state index is -3.75. The molecule has 3 rings (SSSR count). The summed E-state index contributed by atoms with van der Waals surface area (Å²) < 4.78 is 38.6. The van der Waals surface area contributed by atoms with Gasteiger partial charge in [0.1, 0.15) is 23.7 Å². The van der Waals surface area contributed by atoms with Crippen molar-refractivity contribution < 1.29 is 32.0 Å². The third-order valence-electron chi connectivity index (χ3n) is 4.98. The summed E-state index contributed by atoms with van der Waals surface area (Å²) in [5.41, 5.74) is 2.50. The molecule has 0 aliphatic heterocycles. The number of aryl methyl sites for hydroxylation is 2. The maximum Gasteiger partial charge on any atom is 0.342 e. The van der Waals surface area contributed by atoms with Gasteiger partial charge >= 0.3 is 5.97 Å². The fraction of sp³-hybridized carbons (Fsp3) is 0.261. The number of nitrogens with one attached hydrogen (secondary N) is 1. The summed E-state index contributed by atoms with van der Waals surface area (Å²) in [6.07, 6.45) is 0.461. The maximum atomic E-state index is 12.5. The van der Waals surface area contributed by atoms with E-state index in [4.69, 9.17) is 19.1 Å². The molecular formula is C23H25N3O7S. The number of nitrogens with zero attached hydrogens (tertiary/aromatic N) is 1. The summed E-state index contributed by atoms with van der Waals surface area (Å²) in [6.45, 7) is 3.57. The van der Waals surface area contributed by atoms with E-state index in [2.05, 4.69) is 10.5 Å². The van der Waals surface area contributed by atoms with Gasteiger partial charge in [-0.25, -0.2) is 18.4 Å². The molecule has 34 heavy (non-hydrogen) atoms. The smallest absolute Gasteiger partial charge is 0.342 e. The Morgan fingerprint density at radius 3 is 2.44 bits per heavy atom. The van der Waals surface area contributed by atoms with E-state index in [9.17, 15) is 18.0 Å². The van der Waals surface area contributed by atoms with Crippen LogP contribution in [0, 0.1) is 13.8 Å². The lowest BCUT2D eigenvalue weighted by atomic mass is 10.1. The van der Waals surface area contributed by atoms with Crippen LogP contribution in [0.1, 0.15) is 32.9 Å². The van der Waals surface area contributed by atoms with Crippen molar-refractivity contribution in [1.82, 2.24) is 10.5 Å². The molecule has 0 unspecified atom stereocenters. The highest BCUT2D eigenvalue weighted by Gasteiger charge is 2.17. The Morgan fingerprint density at radius 2 is 1.79 bits per heavy atom. The molecule has 1 heterocycles. The van der Waals surface area contributed by atoms with Crippen molar-refractivity contribution in [2.75, 3.05) is 13.2 Å². The van der Waals surface area contributed by atoms with E-state index < -0.39 is 28.5 Å². The second-order valence-electron chi connectivity index (χ2n) is 7.45. The van der Waals surface area contributed by atoms with Crippen molar-refractivity contribution in [2.45, 2.75) is 31.8 Å². The average Bonchev–Trinajstić information content (AvgIpc) is 3.13. The molecule has 180 valence electrons. The summed E-state index contributed by atoms with van der Waals surface area (Å²) in [7, 11) is -3.75. The number of ether oxygens (including phenoxy) is 2. The van der Waals surface area contributed by atoms with Crippen LogP contribution in [0.2, 0.25) is 0 Å². The van der Waals surface area contributed by atoms with Gasteiger partial charge < -0.3 is 19.3 Å². The molecule has 0 aliphatic carbocycles. The van der Waals surface area contributed by atoms with Gasteiger partial charge in [-0.15, -0.1) is 0 Å². The first-order valence-electron chi connectivity index (χ1n) is 10.3. The van der Waals surface area contributed by atoms with Crippen LogP contribution in [0.3, 0.4) is 0 Å². The molecule has 0 bridgehead atoms. The largest absolute Gasteiger partial charge is 0.488 e. The molecule has 3 aromatic rings. The molecule has 0 spiro atoms. The molecule has 2 aromatic carbocycles. The third kappa shape index (κ3) is 6.65. The SMILES string of the molecule is Cc1noc(C)c1COc1ccccc1C(=O)OCC(=O)NCCc1ccc(S(N)(=O)=O)cc1. The number of rotatable bonds is 10. The van der Waals surface area contributed by atoms with Gasteiger partial charge in [-0.2, -0.15) is 0 Å². The number of benzene rings is 2. The molecule has 1 aromatic heterocycles. The molecule has 1 amide bonds. The van der Waals surface area contributed by atoms with Crippen LogP contribution in [0.25, 0.3) is 0 Å². The minimum absolute atomic E-state index is 0.0168. The molecular weight excluding hydrogens is 462 g/mol. The fourth-order valence-corrected chi connectivity index (χ4v) is 3.59. The van der Waals surface area contributed by atoms with Crippen molar-refractivity contribution in [3.8, 4) is 5.75 Å². The van der Waals surface area contributed by atoms with E-state index in [1.807, 2.05) is 0 Å². The Labute approximate surface area is 197 Å². The van der Waals surface area contributed by atoms with E-state index >= 15 is 0 Å². The number of hydrogen-bond acceptors (Lipinski definition) is 8. The molecule has 0 saturated carbocycles. The summed E-state index contributed by atoms with van der Waals surface area (Å²) in [4.78, 5) is 24.6. The molecule has 11 heteroatoms. The first-order valence-corrected chi connectivity index (χ1v) is 11.9. The van der Waals surface area contributed by atoms with Gasteiger partial charge in [-0.1, -0.05) is 29.4 Å². The lowest BCUT2D eigenvalue weighted by Crippen LogP contribution is -2.30. The van der Waals surface area contributed by atoms with Crippen LogP contribution >= 0.6 is 0 Å². The Bertz CT molecular complexity index is 1250. The van der Waals surface area contributed by atoms with Gasteiger partial charge in [0.25, 0.3) is 5.91 Å². The predicted molar refractivity (Wildman–Crippen MR) is 122 cm³/mol. The standard InChI is InChI=1S/C23H25N3O7S/c1-15-20(16(2)33-26-15)13-31-21-6-4-3-5-19(21)23(28)32-14-22(27)25-12-11-17-7-9-18(10-8-17)34(24,29)30/h3-10H,11-14H2,1-2H3,(H,25,27)(H2,24,29,30). The summed E-state index contributed by atoms with van der Waals surface area (Å²) in [6, 6.07) is 12.6. The number of nitrogens with two attached hydrogens (primary N) is 1. The molecule has 10 nitrogen and oxygen atoms in total. The monoisotopic (exact) mass is 487 g/mol. The number of carbonyl (C=O) groups is 2. The van der Waals surface area contributed by atoms with Gasteiger partial charge in [-0.3, -0.25) is 4.79 Å². The summed E-state index contributed by atoms with van der Waals surface area (Å²) in [5.74, 6) is -0.211. The number of primary sulfonamides is 1. The zero-order valence-electron chi connectivity index (χ0n) is 18.7. The normalized spacial score (nSPS) is 11.1. The lowest BCUT2D eigenvalue weighted by molar-refractivity contribution is -0.124. The lowest BCUT2D eigenvalue weighted by Gasteiger charge is -2.11. The van der Waals surface area contributed by atoms with Crippen molar-refractivity contribution in [1.29, 1.82) is 0 Å². The van der Waals surface area contributed by atoms with Gasteiger partial charge in [0.2, 0.25) is 10.0 Å². The van der Waals surface area contributed by atoms with E-state index in [0.717, 1.165) is 11.1 Å². The minimum Gasteiger partial charge on any atom is -0.488 e. The van der Waals surface area contributed by atoms with Crippen molar-refractivity contribution in [3.05, 3.63) is 76.7 Å².